The monoisotopic (exact) mass is 385 g/mol. The molecule has 0 aliphatic carbocycles. The fourth-order valence-electron chi connectivity index (χ4n) is 3.22. The molecule has 7 heteroatoms. The number of piperazine rings is 1. The zero-order valence-corrected chi connectivity index (χ0v) is 16.2. The lowest BCUT2D eigenvalue weighted by molar-refractivity contribution is -0.145. The Hall–Kier alpha value is -2.64. The van der Waals surface area contributed by atoms with Crippen LogP contribution in [0.15, 0.2) is 48.8 Å². The number of rotatable bonds is 8. The molecule has 1 aliphatic rings. The molecular formula is C21H27N3O4. The van der Waals surface area contributed by atoms with E-state index in [-0.39, 0.29) is 6.61 Å². The van der Waals surface area contributed by atoms with Crippen LogP contribution in [-0.4, -0.2) is 66.9 Å². The van der Waals surface area contributed by atoms with Gasteiger partial charge in [0.2, 0.25) is 0 Å². The molecule has 1 aromatic carbocycles. The molecule has 1 atom stereocenters. The average molecular weight is 385 g/mol. The van der Waals surface area contributed by atoms with Gasteiger partial charge in [0.15, 0.2) is 6.61 Å². The molecule has 150 valence electrons. The van der Waals surface area contributed by atoms with Gasteiger partial charge in [-0.1, -0.05) is 12.1 Å². The predicted octanol–water partition coefficient (Wildman–Crippen LogP) is 1.88. The third-order valence-corrected chi connectivity index (χ3v) is 4.76. The van der Waals surface area contributed by atoms with Gasteiger partial charge in [0.1, 0.15) is 5.75 Å². The van der Waals surface area contributed by atoms with Crippen LogP contribution in [0.3, 0.4) is 0 Å². The minimum atomic E-state index is -0.563. The molecule has 0 radical (unpaired) electrons. The van der Waals surface area contributed by atoms with E-state index in [0.717, 1.165) is 31.7 Å². The summed E-state index contributed by atoms with van der Waals surface area (Å²) in [6, 6.07) is 11.2. The summed E-state index contributed by atoms with van der Waals surface area (Å²) in [6.07, 6.45) is 3.06. The second kappa shape index (κ2) is 10.1. The maximum Gasteiger partial charge on any atom is 0.344 e. The van der Waals surface area contributed by atoms with E-state index in [4.69, 9.17) is 9.47 Å². The maximum atomic E-state index is 11.3. The normalized spacial score (nSPS) is 15.9. The molecule has 1 unspecified atom stereocenters. The van der Waals surface area contributed by atoms with E-state index < -0.39 is 12.1 Å². The summed E-state index contributed by atoms with van der Waals surface area (Å²) < 4.78 is 10.2. The van der Waals surface area contributed by atoms with Crippen LogP contribution in [0.1, 0.15) is 18.6 Å². The summed E-state index contributed by atoms with van der Waals surface area (Å²) in [5.41, 5.74) is 2.02. The Morgan fingerprint density at radius 2 is 1.79 bits per heavy atom. The summed E-state index contributed by atoms with van der Waals surface area (Å²) in [7, 11) is 0. The lowest BCUT2D eigenvalue weighted by Crippen LogP contribution is -2.47. The van der Waals surface area contributed by atoms with Gasteiger partial charge in [0.25, 0.3) is 0 Å². The van der Waals surface area contributed by atoms with Gasteiger partial charge in [-0.05, 0) is 36.8 Å². The number of anilines is 1. The average Bonchev–Trinajstić information content (AvgIpc) is 2.74. The second-order valence-electron chi connectivity index (χ2n) is 6.67. The van der Waals surface area contributed by atoms with E-state index in [1.807, 2.05) is 36.7 Å². The molecule has 1 saturated heterocycles. The van der Waals surface area contributed by atoms with Crippen LogP contribution in [0.4, 0.5) is 5.69 Å². The number of pyridine rings is 1. The van der Waals surface area contributed by atoms with Crippen LogP contribution in [0, 0.1) is 0 Å². The lowest BCUT2D eigenvalue weighted by Gasteiger charge is -2.36. The fraction of sp³-hybridized carbons (Fsp3) is 0.429. The van der Waals surface area contributed by atoms with Crippen LogP contribution in [-0.2, 0) is 9.53 Å². The van der Waals surface area contributed by atoms with E-state index in [9.17, 15) is 9.90 Å². The molecule has 0 bridgehead atoms. The van der Waals surface area contributed by atoms with E-state index in [1.165, 1.54) is 5.69 Å². The topological polar surface area (TPSA) is 75.1 Å². The number of ether oxygens (including phenoxy) is 2. The fourth-order valence-corrected chi connectivity index (χ4v) is 3.22. The van der Waals surface area contributed by atoms with Crippen molar-refractivity contribution in [3.8, 4) is 5.75 Å². The van der Waals surface area contributed by atoms with Crippen molar-refractivity contribution in [2.45, 2.75) is 13.0 Å². The van der Waals surface area contributed by atoms with Crippen LogP contribution in [0.2, 0.25) is 0 Å². The number of esters is 1. The number of carbonyl (C=O) groups is 1. The number of hydrogen-bond donors (Lipinski definition) is 1. The molecule has 2 heterocycles. The first-order valence-corrected chi connectivity index (χ1v) is 9.59. The molecule has 28 heavy (non-hydrogen) atoms. The number of benzene rings is 1. The highest BCUT2D eigenvalue weighted by Gasteiger charge is 2.20. The van der Waals surface area contributed by atoms with Gasteiger partial charge in [-0.25, -0.2) is 4.79 Å². The van der Waals surface area contributed by atoms with E-state index in [0.29, 0.717) is 18.9 Å². The third-order valence-electron chi connectivity index (χ3n) is 4.76. The predicted molar refractivity (Wildman–Crippen MR) is 106 cm³/mol. The molecule has 1 fully saturated rings. The van der Waals surface area contributed by atoms with Gasteiger partial charge in [-0.3, -0.25) is 9.88 Å². The standard InChI is InChI=1S/C21H27N3O4/c1-2-27-21(26)16-28-19-5-3-17(4-6-19)20(25)15-23-11-13-24(14-12-23)18-7-9-22-10-8-18/h3-10,20,25H,2,11-16H2,1H3. The van der Waals surface area contributed by atoms with Gasteiger partial charge in [0, 0.05) is 50.8 Å². The van der Waals surface area contributed by atoms with Crippen molar-refractivity contribution in [3.05, 3.63) is 54.4 Å². The maximum absolute atomic E-state index is 11.3. The molecule has 7 nitrogen and oxygen atoms in total. The molecule has 0 spiro atoms. The Balaban J connectivity index is 1.45. The van der Waals surface area contributed by atoms with Gasteiger partial charge in [-0.2, -0.15) is 0 Å². The molecule has 1 N–H and O–H groups in total. The third kappa shape index (κ3) is 5.68. The first-order chi connectivity index (χ1) is 13.7. The Bertz CT molecular complexity index is 731. The Labute approximate surface area is 165 Å². The highest BCUT2D eigenvalue weighted by molar-refractivity contribution is 5.71. The van der Waals surface area contributed by atoms with Crippen molar-refractivity contribution in [2.24, 2.45) is 0 Å². The largest absolute Gasteiger partial charge is 0.482 e. The first kappa shape index (κ1) is 20.1. The summed E-state index contributed by atoms with van der Waals surface area (Å²) in [4.78, 5) is 20.0. The number of aliphatic hydroxyl groups excluding tert-OH is 1. The first-order valence-electron chi connectivity index (χ1n) is 9.59. The van der Waals surface area contributed by atoms with Crippen molar-refractivity contribution in [1.29, 1.82) is 0 Å². The molecular weight excluding hydrogens is 358 g/mol. The molecule has 2 aromatic rings. The minimum absolute atomic E-state index is 0.114. The summed E-state index contributed by atoms with van der Waals surface area (Å²) in [5.74, 6) is 0.187. The van der Waals surface area contributed by atoms with Gasteiger partial charge >= 0.3 is 5.97 Å². The van der Waals surface area contributed by atoms with Crippen molar-refractivity contribution in [2.75, 3.05) is 50.8 Å². The number of aromatic nitrogens is 1. The highest BCUT2D eigenvalue weighted by Crippen LogP contribution is 2.20. The van der Waals surface area contributed by atoms with Crippen molar-refractivity contribution >= 4 is 11.7 Å². The van der Waals surface area contributed by atoms with E-state index in [1.54, 1.807) is 19.1 Å². The van der Waals surface area contributed by atoms with E-state index >= 15 is 0 Å². The molecule has 0 amide bonds. The van der Waals surface area contributed by atoms with Crippen molar-refractivity contribution < 1.29 is 19.4 Å². The van der Waals surface area contributed by atoms with Crippen LogP contribution in [0.5, 0.6) is 5.75 Å². The second-order valence-corrected chi connectivity index (χ2v) is 6.67. The molecule has 0 saturated carbocycles. The van der Waals surface area contributed by atoms with Crippen LogP contribution >= 0.6 is 0 Å². The Morgan fingerprint density at radius 1 is 1.11 bits per heavy atom. The molecule has 1 aromatic heterocycles. The zero-order valence-electron chi connectivity index (χ0n) is 16.2. The van der Waals surface area contributed by atoms with E-state index in [2.05, 4.69) is 14.8 Å². The lowest BCUT2D eigenvalue weighted by atomic mass is 10.1. The summed E-state index contributed by atoms with van der Waals surface area (Å²) >= 11 is 0. The number of β-amino-alcohol motifs (C(OH)–C–C–N with tert-alkyl or cyclic N) is 1. The van der Waals surface area contributed by atoms with Crippen LogP contribution in [0.25, 0.3) is 0 Å². The van der Waals surface area contributed by atoms with Crippen molar-refractivity contribution in [1.82, 2.24) is 9.88 Å². The number of hydrogen-bond acceptors (Lipinski definition) is 7. The summed E-state index contributed by atoms with van der Waals surface area (Å²) in [6.45, 7) is 6.23. The number of carbonyl (C=O) groups excluding carboxylic acids is 1. The van der Waals surface area contributed by atoms with Gasteiger partial charge in [0.05, 0.1) is 12.7 Å². The Kier molecular flexibility index (Phi) is 7.22. The SMILES string of the molecule is CCOC(=O)COc1ccc(C(O)CN2CCN(c3ccncc3)CC2)cc1. The number of nitrogens with zero attached hydrogens (tertiary/aromatic N) is 3. The van der Waals surface area contributed by atoms with Gasteiger partial charge < -0.3 is 19.5 Å². The molecule has 1 aliphatic heterocycles. The number of aliphatic hydroxyl groups is 1. The van der Waals surface area contributed by atoms with Crippen molar-refractivity contribution in [3.63, 3.8) is 0 Å². The quantitative estimate of drug-likeness (QED) is 0.696. The van der Waals surface area contributed by atoms with Gasteiger partial charge in [-0.15, -0.1) is 0 Å². The summed E-state index contributed by atoms with van der Waals surface area (Å²) in [5, 5.41) is 10.6. The van der Waals surface area contributed by atoms with Crippen LogP contribution < -0.4 is 9.64 Å². The Morgan fingerprint density at radius 3 is 2.43 bits per heavy atom. The smallest absolute Gasteiger partial charge is 0.344 e. The molecule has 3 rings (SSSR count). The minimum Gasteiger partial charge on any atom is -0.482 e. The zero-order chi connectivity index (χ0) is 19.8. The highest BCUT2D eigenvalue weighted by atomic mass is 16.6.